The van der Waals surface area contributed by atoms with Crippen LogP contribution in [0.1, 0.15) is 11.1 Å². The van der Waals surface area contributed by atoms with E-state index in [1.807, 2.05) is 19.0 Å². The van der Waals surface area contributed by atoms with Gasteiger partial charge in [0.2, 0.25) is 5.13 Å². The van der Waals surface area contributed by atoms with Gasteiger partial charge in [-0.25, -0.2) is 0 Å². The van der Waals surface area contributed by atoms with E-state index in [-0.39, 0.29) is 0 Å². The summed E-state index contributed by atoms with van der Waals surface area (Å²) in [7, 11) is 3.95. The van der Waals surface area contributed by atoms with Crippen LogP contribution in [0.3, 0.4) is 0 Å². The average Bonchev–Trinajstić information content (AvgIpc) is 2.82. The highest BCUT2D eigenvalue weighted by Crippen LogP contribution is 2.34. The molecule has 0 aliphatic rings. The number of benzene rings is 1. The third-order valence-electron chi connectivity index (χ3n) is 2.65. The Morgan fingerprint density at radius 2 is 2.11 bits per heavy atom. The predicted molar refractivity (Wildman–Crippen MR) is 82.3 cm³/mol. The van der Waals surface area contributed by atoms with Gasteiger partial charge in [-0.1, -0.05) is 35.2 Å². The summed E-state index contributed by atoms with van der Waals surface area (Å²) in [6.07, 6.45) is 0.926. The fourth-order valence-electron chi connectivity index (χ4n) is 1.67. The predicted octanol–water partition coefficient (Wildman–Crippen LogP) is 2.56. The summed E-state index contributed by atoms with van der Waals surface area (Å²) in [5.74, 6) is 0. The van der Waals surface area contributed by atoms with Crippen molar-refractivity contribution in [2.24, 2.45) is 5.73 Å². The number of hydrogen-bond acceptors (Lipinski definition) is 6. The van der Waals surface area contributed by atoms with Crippen LogP contribution in [0.25, 0.3) is 0 Å². The molecule has 0 fully saturated rings. The van der Waals surface area contributed by atoms with Gasteiger partial charge in [0.05, 0.1) is 0 Å². The maximum absolute atomic E-state index is 5.58. The van der Waals surface area contributed by atoms with Crippen molar-refractivity contribution in [3.05, 3.63) is 29.3 Å². The van der Waals surface area contributed by atoms with Crippen LogP contribution in [0.5, 0.6) is 0 Å². The fourth-order valence-corrected chi connectivity index (χ4v) is 3.45. The standard InChI is InChI=1S/C13H18N4S2/c1-9-8-10(6-7-14)4-5-11(9)18-13-16-15-12(19-13)17(2)3/h4-5,8H,6-7,14H2,1-3H3. The van der Waals surface area contributed by atoms with Crippen molar-refractivity contribution in [1.82, 2.24) is 10.2 Å². The summed E-state index contributed by atoms with van der Waals surface area (Å²) in [5.41, 5.74) is 8.13. The van der Waals surface area contributed by atoms with Gasteiger partial charge in [0.1, 0.15) is 0 Å². The lowest BCUT2D eigenvalue weighted by Crippen LogP contribution is -2.07. The van der Waals surface area contributed by atoms with Crippen LogP contribution in [-0.2, 0) is 6.42 Å². The molecule has 0 saturated heterocycles. The minimum atomic E-state index is 0.689. The topological polar surface area (TPSA) is 55.0 Å². The first-order valence-corrected chi connectivity index (χ1v) is 7.71. The van der Waals surface area contributed by atoms with Crippen molar-refractivity contribution >= 4 is 28.2 Å². The Balaban J connectivity index is 2.13. The van der Waals surface area contributed by atoms with Crippen molar-refractivity contribution < 1.29 is 0 Å². The summed E-state index contributed by atoms with van der Waals surface area (Å²) < 4.78 is 0.971. The number of nitrogens with zero attached hydrogens (tertiary/aromatic N) is 3. The Labute approximate surface area is 122 Å². The van der Waals surface area contributed by atoms with Crippen molar-refractivity contribution in [3.63, 3.8) is 0 Å². The molecule has 0 aliphatic heterocycles. The Kier molecular flexibility index (Phi) is 4.79. The molecule has 102 valence electrons. The first-order valence-electron chi connectivity index (χ1n) is 6.08. The van der Waals surface area contributed by atoms with Crippen LogP contribution >= 0.6 is 23.1 Å². The zero-order valence-electron chi connectivity index (χ0n) is 11.4. The first-order chi connectivity index (χ1) is 9.10. The Hall–Kier alpha value is -1.11. The molecule has 0 unspecified atom stereocenters. The molecule has 0 atom stereocenters. The van der Waals surface area contributed by atoms with E-state index >= 15 is 0 Å². The Morgan fingerprint density at radius 3 is 2.68 bits per heavy atom. The fraction of sp³-hybridized carbons (Fsp3) is 0.385. The van der Waals surface area contributed by atoms with Crippen LogP contribution < -0.4 is 10.6 Å². The number of aryl methyl sites for hydroxylation is 1. The van der Waals surface area contributed by atoms with Gasteiger partial charge in [-0.05, 0) is 37.1 Å². The van der Waals surface area contributed by atoms with E-state index in [1.54, 1.807) is 23.1 Å². The summed E-state index contributed by atoms with van der Waals surface area (Å²) in [6.45, 7) is 2.81. The SMILES string of the molecule is Cc1cc(CCN)ccc1Sc1nnc(N(C)C)s1. The van der Waals surface area contributed by atoms with Gasteiger partial charge >= 0.3 is 0 Å². The number of aromatic nitrogens is 2. The summed E-state index contributed by atoms with van der Waals surface area (Å²) in [6, 6.07) is 6.47. The molecule has 0 spiro atoms. The molecular weight excluding hydrogens is 276 g/mol. The molecule has 1 heterocycles. The highest BCUT2D eigenvalue weighted by Gasteiger charge is 2.09. The lowest BCUT2D eigenvalue weighted by atomic mass is 10.1. The van der Waals surface area contributed by atoms with Gasteiger partial charge in [-0.3, -0.25) is 0 Å². The summed E-state index contributed by atoms with van der Waals surface area (Å²) in [4.78, 5) is 3.20. The third-order valence-corrected chi connectivity index (χ3v) is 4.97. The van der Waals surface area contributed by atoms with Gasteiger partial charge < -0.3 is 10.6 Å². The smallest absolute Gasteiger partial charge is 0.208 e. The second-order valence-corrected chi connectivity index (χ2v) is 6.73. The number of hydrogen-bond donors (Lipinski definition) is 1. The molecule has 4 nitrogen and oxygen atoms in total. The van der Waals surface area contributed by atoms with Gasteiger partial charge in [0.25, 0.3) is 0 Å². The molecule has 0 aliphatic carbocycles. The molecule has 0 amide bonds. The maximum Gasteiger partial charge on any atom is 0.208 e. The Bertz CT molecular complexity index is 551. The van der Waals surface area contributed by atoms with E-state index in [1.165, 1.54) is 16.0 Å². The van der Waals surface area contributed by atoms with Crippen LogP contribution in [-0.4, -0.2) is 30.8 Å². The van der Waals surface area contributed by atoms with Crippen LogP contribution in [0.4, 0.5) is 5.13 Å². The summed E-state index contributed by atoms with van der Waals surface area (Å²) >= 11 is 3.27. The van der Waals surface area contributed by atoms with E-state index in [9.17, 15) is 0 Å². The monoisotopic (exact) mass is 294 g/mol. The summed E-state index contributed by atoms with van der Waals surface area (Å²) in [5, 5.41) is 9.28. The van der Waals surface area contributed by atoms with Gasteiger partial charge in [0.15, 0.2) is 4.34 Å². The van der Waals surface area contributed by atoms with E-state index in [4.69, 9.17) is 5.73 Å². The van der Waals surface area contributed by atoms with Crippen molar-refractivity contribution in [2.75, 3.05) is 25.5 Å². The van der Waals surface area contributed by atoms with Crippen molar-refractivity contribution in [2.45, 2.75) is 22.6 Å². The molecule has 19 heavy (non-hydrogen) atoms. The Morgan fingerprint density at radius 1 is 1.32 bits per heavy atom. The highest BCUT2D eigenvalue weighted by atomic mass is 32.2. The van der Waals surface area contributed by atoms with E-state index in [0.717, 1.165) is 15.9 Å². The maximum atomic E-state index is 5.58. The van der Waals surface area contributed by atoms with E-state index < -0.39 is 0 Å². The zero-order valence-corrected chi connectivity index (χ0v) is 13.0. The molecule has 2 N–H and O–H groups in total. The van der Waals surface area contributed by atoms with E-state index in [0.29, 0.717) is 6.54 Å². The minimum absolute atomic E-state index is 0.689. The number of anilines is 1. The van der Waals surface area contributed by atoms with Crippen LogP contribution in [0.15, 0.2) is 27.4 Å². The first kappa shape index (κ1) is 14.3. The normalized spacial score (nSPS) is 10.7. The zero-order chi connectivity index (χ0) is 13.8. The molecule has 6 heteroatoms. The molecule has 0 radical (unpaired) electrons. The molecule has 1 aromatic carbocycles. The molecule has 0 saturated carbocycles. The third kappa shape index (κ3) is 3.68. The average molecular weight is 294 g/mol. The number of nitrogens with two attached hydrogens (primary N) is 1. The molecule has 2 rings (SSSR count). The molecular formula is C13H18N4S2. The quantitative estimate of drug-likeness (QED) is 0.918. The van der Waals surface area contributed by atoms with Gasteiger partial charge in [-0.15, -0.1) is 10.2 Å². The second kappa shape index (κ2) is 6.36. The minimum Gasteiger partial charge on any atom is -0.353 e. The van der Waals surface area contributed by atoms with Crippen molar-refractivity contribution in [3.8, 4) is 0 Å². The van der Waals surface area contributed by atoms with Gasteiger partial charge in [0, 0.05) is 19.0 Å². The van der Waals surface area contributed by atoms with E-state index in [2.05, 4.69) is 35.3 Å². The van der Waals surface area contributed by atoms with Crippen molar-refractivity contribution in [1.29, 1.82) is 0 Å². The molecule has 2 aromatic rings. The second-order valence-electron chi connectivity index (χ2n) is 4.49. The van der Waals surface area contributed by atoms with Crippen LogP contribution in [0.2, 0.25) is 0 Å². The van der Waals surface area contributed by atoms with Crippen LogP contribution in [0, 0.1) is 6.92 Å². The largest absolute Gasteiger partial charge is 0.353 e. The molecule has 0 bridgehead atoms. The lowest BCUT2D eigenvalue weighted by Gasteiger charge is -2.06. The lowest BCUT2D eigenvalue weighted by molar-refractivity contribution is 0.961. The molecule has 1 aromatic heterocycles. The highest BCUT2D eigenvalue weighted by molar-refractivity contribution is 8.01. The van der Waals surface area contributed by atoms with Gasteiger partial charge in [-0.2, -0.15) is 0 Å². The number of rotatable bonds is 5.